The Bertz CT molecular complexity index is 463. The van der Waals surface area contributed by atoms with Crippen LogP contribution in [0.25, 0.3) is 10.8 Å². The van der Waals surface area contributed by atoms with Crippen LogP contribution in [0, 0.1) is 6.92 Å². The van der Waals surface area contributed by atoms with Crippen molar-refractivity contribution < 1.29 is 0 Å². The molecule has 2 aromatic rings. The van der Waals surface area contributed by atoms with Crippen LogP contribution in [0.4, 0.5) is 0 Å². The van der Waals surface area contributed by atoms with Crippen LogP contribution in [-0.4, -0.2) is 0 Å². The maximum atomic E-state index is 6.06. The SMILES string of the molecule is Cc1cc2c(Cl)cccc2cc1S. The van der Waals surface area contributed by atoms with Crippen molar-refractivity contribution in [2.24, 2.45) is 0 Å². The Balaban J connectivity index is 2.89. The average Bonchev–Trinajstić information content (AvgIpc) is 2.09. The molecule has 0 aliphatic rings. The van der Waals surface area contributed by atoms with Crippen LogP contribution in [-0.2, 0) is 0 Å². The highest BCUT2D eigenvalue weighted by atomic mass is 35.5. The largest absolute Gasteiger partial charge is 0.143 e. The number of benzene rings is 2. The molecule has 66 valence electrons. The first kappa shape index (κ1) is 8.92. The molecule has 0 radical (unpaired) electrons. The fourth-order valence-electron chi connectivity index (χ4n) is 1.38. The lowest BCUT2D eigenvalue weighted by Crippen LogP contribution is -1.79. The third-order valence-corrected chi connectivity index (χ3v) is 2.96. The van der Waals surface area contributed by atoms with Crippen molar-refractivity contribution in [1.82, 2.24) is 0 Å². The third kappa shape index (κ3) is 1.54. The molecular formula is C11H9ClS. The highest BCUT2D eigenvalue weighted by Gasteiger charge is 2.00. The van der Waals surface area contributed by atoms with E-state index in [4.69, 9.17) is 11.6 Å². The molecule has 0 nitrogen and oxygen atoms in total. The average molecular weight is 209 g/mol. The van der Waals surface area contributed by atoms with E-state index < -0.39 is 0 Å². The second kappa shape index (κ2) is 3.24. The van der Waals surface area contributed by atoms with Crippen LogP contribution >= 0.6 is 24.2 Å². The highest BCUT2D eigenvalue weighted by molar-refractivity contribution is 7.80. The van der Waals surface area contributed by atoms with Crippen LogP contribution in [0.2, 0.25) is 5.02 Å². The van der Waals surface area contributed by atoms with Crippen molar-refractivity contribution in [3.63, 3.8) is 0 Å². The first-order valence-corrected chi connectivity index (χ1v) is 4.89. The number of fused-ring (bicyclic) bond motifs is 1. The monoisotopic (exact) mass is 208 g/mol. The molecule has 0 bridgehead atoms. The maximum Gasteiger partial charge on any atom is 0.0484 e. The molecule has 0 heterocycles. The summed E-state index contributed by atoms with van der Waals surface area (Å²) in [5.74, 6) is 0. The van der Waals surface area contributed by atoms with Crippen LogP contribution in [0.5, 0.6) is 0 Å². The number of rotatable bonds is 0. The van der Waals surface area contributed by atoms with Gasteiger partial charge in [-0.05, 0) is 36.1 Å². The number of hydrogen-bond acceptors (Lipinski definition) is 1. The van der Waals surface area contributed by atoms with Gasteiger partial charge in [-0.3, -0.25) is 0 Å². The fourth-order valence-corrected chi connectivity index (χ4v) is 1.82. The van der Waals surface area contributed by atoms with Gasteiger partial charge in [0.2, 0.25) is 0 Å². The number of halogens is 1. The van der Waals surface area contributed by atoms with E-state index in [1.807, 2.05) is 31.2 Å². The minimum Gasteiger partial charge on any atom is -0.143 e. The van der Waals surface area contributed by atoms with Crippen LogP contribution in [0.3, 0.4) is 0 Å². The quantitative estimate of drug-likeness (QED) is 0.620. The van der Waals surface area contributed by atoms with Gasteiger partial charge < -0.3 is 0 Å². The van der Waals surface area contributed by atoms with Crippen molar-refractivity contribution >= 4 is 35.0 Å². The molecule has 0 saturated heterocycles. The second-order valence-corrected chi connectivity index (χ2v) is 3.99. The third-order valence-electron chi connectivity index (χ3n) is 2.14. The van der Waals surface area contributed by atoms with Crippen molar-refractivity contribution in [2.45, 2.75) is 11.8 Å². The van der Waals surface area contributed by atoms with Gasteiger partial charge in [-0.25, -0.2) is 0 Å². The minimum atomic E-state index is 0.800. The van der Waals surface area contributed by atoms with E-state index in [-0.39, 0.29) is 0 Å². The van der Waals surface area contributed by atoms with E-state index in [1.54, 1.807) is 0 Å². The normalized spacial score (nSPS) is 10.7. The molecule has 0 fully saturated rings. The lowest BCUT2D eigenvalue weighted by atomic mass is 10.1. The van der Waals surface area contributed by atoms with Crippen molar-refractivity contribution in [1.29, 1.82) is 0 Å². The summed E-state index contributed by atoms with van der Waals surface area (Å²) >= 11 is 10.4. The number of thiol groups is 1. The maximum absolute atomic E-state index is 6.06. The van der Waals surface area contributed by atoms with E-state index in [9.17, 15) is 0 Å². The van der Waals surface area contributed by atoms with E-state index >= 15 is 0 Å². The molecule has 2 rings (SSSR count). The van der Waals surface area contributed by atoms with Crippen LogP contribution in [0.15, 0.2) is 35.2 Å². The first-order valence-electron chi connectivity index (χ1n) is 4.06. The molecule has 0 saturated carbocycles. The molecule has 0 amide bonds. The van der Waals surface area contributed by atoms with E-state index in [0.29, 0.717) is 0 Å². The molecule has 0 aliphatic heterocycles. The lowest BCUT2D eigenvalue weighted by Gasteiger charge is -2.04. The first-order chi connectivity index (χ1) is 6.18. The van der Waals surface area contributed by atoms with Gasteiger partial charge in [0.25, 0.3) is 0 Å². The fraction of sp³-hybridized carbons (Fsp3) is 0.0909. The zero-order valence-electron chi connectivity index (χ0n) is 7.21. The Labute approximate surface area is 87.9 Å². The van der Waals surface area contributed by atoms with Gasteiger partial charge in [0.05, 0.1) is 0 Å². The predicted molar refractivity (Wildman–Crippen MR) is 60.9 cm³/mol. The van der Waals surface area contributed by atoms with Crippen molar-refractivity contribution in [3.8, 4) is 0 Å². The molecule has 0 N–H and O–H groups in total. The van der Waals surface area contributed by atoms with Crippen LogP contribution in [0.1, 0.15) is 5.56 Å². The molecule has 0 atom stereocenters. The number of hydrogen-bond donors (Lipinski definition) is 1. The summed E-state index contributed by atoms with van der Waals surface area (Å²) in [6, 6.07) is 10.0. The Kier molecular flexibility index (Phi) is 2.22. The van der Waals surface area contributed by atoms with Gasteiger partial charge in [-0.2, -0.15) is 0 Å². The molecule has 0 aliphatic carbocycles. The number of aryl methyl sites for hydroxylation is 1. The Morgan fingerprint density at radius 3 is 2.77 bits per heavy atom. The molecule has 13 heavy (non-hydrogen) atoms. The van der Waals surface area contributed by atoms with Crippen molar-refractivity contribution in [3.05, 3.63) is 40.9 Å². The molecule has 0 aromatic heterocycles. The minimum absolute atomic E-state index is 0.800. The lowest BCUT2D eigenvalue weighted by molar-refractivity contribution is 1.34. The molecule has 2 heteroatoms. The molecule has 0 spiro atoms. The van der Waals surface area contributed by atoms with E-state index in [1.165, 1.54) is 0 Å². The summed E-state index contributed by atoms with van der Waals surface area (Å²) in [6.07, 6.45) is 0. The summed E-state index contributed by atoms with van der Waals surface area (Å²) in [4.78, 5) is 1.01. The van der Waals surface area contributed by atoms with Gasteiger partial charge in [0.1, 0.15) is 0 Å². The summed E-state index contributed by atoms with van der Waals surface area (Å²) in [5.41, 5.74) is 1.16. The van der Waals surface area contributed by atoms with Crippen molar-refractivity contribution in [2.75, 3.05) is 0 Å². The van der Waals surface area contributed by atoms with E-state index in [2.05, 4.69) is 18.7 Å². The highest BCUT2D eigenvalue weighted by Crippen LogP contribution is 2.27. The standard InChI is InChI=1S/C11H9ClS/c1-7-5-9-8(6-11(7)13)3-2-4-10(9)12/h2-6,13H,1H3. The Hall–Kier alpha value is -0.660. The Morgan fingerprint density at radius 1 is 1.23 bits per heavy atom. The summed E-state index contributed by atoms with van der Waals surface area (Å²) in [6.45, 7) is 2.03. The van der Waals surface area contributed by atoms with Gasteiger partial charge in [-0.1, -0.05) is 23.7 Å². The zero-order valence-corrected chi connectivity index (χ0v) is 8.86. The molecule has 2 aromatic carbocycles. The van der Waals surface area contributed by atoms with Gasteiger partial charge in [0.15, 0.2) is 0 Å². The second-order valence-electron chi connectivity index (χ2n) is 3.10. The smallest absolute Gasteiger partial charge is 0.0484 e. The van der Waals surface area contributed by atoms with Gasteiger partial charge in [0, 0.05) is 15.3 Å². The summed E-state index contributed by atoms with van der Waals surface area (Å²) in [7, 11) is 0. The van der Waals surface area contributed by atoms with Gasteiger partial charge >= 0.3 is 0 Å². The van der Waals surface area contributed by atoms with E-state index in [0.717, 1.165) is 26.3 Å². The molecule has 0 unspecified atom stereocenters. The van der Waals surface area contributed by atoms with Gasteiger partial charge in [-0.15, -0.1) is 12.6 Å². The summed E-state index contributed by atoms with van der Waals surface area (Å²) < 4.78 is 0. The predicted octanol–water partition coefficient (Wildman–Crippen LogP) is 4.09. The Morgan fingerprint density at radius 2 is 2.00 bits per heavy atom. The topological polar surface area (TPSA) is 0 Å². The summed E-state index contributed by atoms with van der Waals surface area (Å²) in [5, 5.41) is 3.04. The van der Waals surface area contributed by atoms with Crippen LogP contribution < -0.4 is 0 Å². The zero-order chi connectivity index (χ0) is 9.42. The molecular weight excluding hydrogens is 200 g/mol.